The molecule has 0 saturated heterocycles. The van der Waals surface area contributed by atoms with E-state index in [2.05, 4.69) is 5.32 Å². The summed E-state index contributed by atoms with van der Waals surface area (Å²) in [5, 5.41) is 12.7. The summed E-state index contributed by atoms with van der Waals surface area (Å²) in [5.74, 6) is -0.515. The number of benzene rings is 1. The summed E-state index contributed by atoms with van der Waals surface area (Å²) in [4.78, 5) is 12.0. The number of hydrogen-bond donors (Lipinski definition) is 2. The first-order chi connectivity index (χ1) is 9.52. The van der Waals surface area contributed by atoms with Crippen LogP contribution < -0.4 is 5.32 Å². The van der Waals surface area contributed by atoms with Gasteiger partial charge in [0.15, 0.2) is 5.76 Å². The van der Waals surface area contributed by atoms with Gasteiger partial charge in [0.25, 0.3) is 5.91 Å². The van der Waals surface area contributed by atoms with Crippen LogP contribution in [0.25, 0.3) is 11.0 Å². The maximum absolute atomic E-state index is 13.2. The first-order valence-corrected chi connectivity index (χ1v) is 6.67. The molecule has 0 radical (unpaired) electrons. The molecule has 0 aliphatic carbocycles. The van der Waals surface area contributed by atoms with Crippen molar-refractivity contribution in [1.82, 2.24) is 5.32 Å². The second-order valence-corrected chi connectivity index (χ2v) is 4.80. The van der Waals surface area contributed by atoms with Crippen molar-refractivity contribution in [3.63, 3.8) is 0 Å². The normalized spacial score (nSPS) is 12.6. The number of aryl methyl sites for hydroxylation is 1. The lowest BCUT2D eigenvalue weighted by atomic mass is 10.1. The summed E-state index contributed by atoms with van der Waals surface area (Å²) in [7, 11) is 0. The van der Waals surface area contributed by atoms with Crippen LogP contribution in [0.4, 0.5) is 4.39 Å². The number of nitrogens with one attached hydrogen (secondary N) is 1. The predicted octanol–water partition coefficient (Wildman–Crippen LogP) is 2.77. The molecule has 1 heterocycles. The fourth-order valence-electron chi connectivity index (χ4n) is 2.05. The molecule has 0 aliphatic rings. The van der Waals surface area contributed by atoms with Gasteiger partial charge in [-0.1, -0.05) is 6.92 Å². The van der Waals surface area contributed by atoms with E-state index in [4.69, 9.17) is 4.42 Å². The Kier molecular flexibility index (Phi) is 4.39. The molecule has 2 aromatic rings. The summed E-state index contributed by atoms with van der Waals surface area (Å²) >= 11 is 0. The Morgan fingerprint density at radius 2 is 2.25 bits per heavy atom. The zero-order valence-electron chi connectivity index (χ0n) is 11.6. The molecule has 0 saturated carbocycles. The highest BCUT2D eigenvalue weighted by molar-refractivity contribution is 5.98. The second-order valence-electron chi connectivity index (χ2n) is 4.80. The van der Waals surface area contributed by atoms with Crippen LogP contribution >= 0.6 is 0 Å². The molecule has 2 N–H and O–H groups in total. The Morgan fingerprint density at radius 1 is 1.50 bits per heavy atom. The fourth-order valence-corrected chi connectivity index (χ4v) is 2.05. The molecule has 5 heteroatoms. The van der Waals surface area contributed by atoms with Gasteiger partial charge < -0.3 is 14.8 Å². The minimum absolute atomic E-state index is 0.191. The highest BCUT2D eigenvalue weighted by atomic mass is 19.1. The van der Waals surface area contributed by atoms with Gasteiger partial charge in [0.1, 0.15) is 11.4 Å². The number of carbonyl (C=O) groups is 1. The number of furan rings is 1. The number of carbonyl (C=O) groups excluding carboxylic acids is 1. The molecule has 2 rings (SSSR count). The van der Waals surface area contributed by atoms with Crippen LogP contribution in [-0.4, -0.2) is 23.7 Å². The molecule has 0 fully saturated rings. The van der Waals surface area contributed by atoms with E-state index in [0.29, 0.717) is 35.9 Å². The fraction of sp³-hybridized carbons (Fsp3) is 0.400. The second kappa shape index (κ2) is 6.05. The first kappa shape index (κ1) is 14.5. The number of amides is 1. The van der Waals surface area contributed by atoms with Crippen molar-refractivity contribution in [3.8, 4) is 0 Å². The molecule has 0 bridgehead atoms. The summed E-state index contributed by atoms with van der Waals surface area (Å²) in [6, 6.07) is 4.16. The van der Waals surface area contributed by atoms with E-state index in [1.807, 2.05) is 6.92 Å². The minimum atomic E-state index is -0.416. The molecular formula is C15H18FNO3. The van der Waals surface area contributed by atoms with Crippen LogP contribution in [0.3, 0.4) is 0 Å². The standard InChI is InChI=1S/C15H18FNO3/c1-3-11(18)6-7-17-15(19)14-9(2)12-8-10(16)4-5-13(12)20-14/h4-5,8,11,18H,3,6-7H2,1-2H3,(H,17,19). The molecule has 1 aromatic carbocycles. The zero-order chi connectivity index (χ0) is 14.7. The van der Waals surface area contributed by atoms with Gasteiger partial charge in [0.2, 0.25) is 0 Å². The Labute approximate surface area is 116 Å². The number of halogens is 1. The monoisotopic (exact) mass is 279 g/mol. The van der Waals surface area contributed by atoms with Crippen LogP contribution in [0.1, 0.15) is 35.9 Å². The molecule has 1 atom stereocenters. The highest BCUT2D eigenvalue weighted by Crippen LogP contribution is 2.25. The number of rotatable bonds is 5. The van der Waals surface area contributed by atoms with Crippen LogP contribution in [0, 0.1) is 12.7 Å². The molecule has 0 aliphatic heterocycles. The van der Waals surface area contributed by atoms with E-state index in [-0.39, 0.29) is 17.5 Å². The zero-order valence-corrected chi connectivity index (χ0v) is 11.6. The van der Waals surface area contributed by atoms with Gasteiger partial charge in [0.05, 0.1) is 6.10 Å². The molecule has 0 spiro atoms. The van der Waals surface area contributed by atoms with Crippen LogP contribution in [-0.2, 0) is 0 Å². The van der Waals surface area contributed by atoms with E-state index in [1.54, 1.807) is 6.92 Å². The third kappa shape index (κ3) is 2.99. The van der Waals surface area contributed by atoms with Gasteiger partial charge >= 0.3 is 0 Å². The van der Waals surface area contributed by atoms with Crippen molar-refractivity contribution in [2.24, 2.45) is 0 Å². The highest BCUT2D eigenvalue weighted by Gasteiger charge is 2.17. The first-order valence-electron chi connectivity index (χ1n) is 6.67. The summed E-state index contributed by atoms with van der Waals surface area (Å²) in [5.41, 5.74) is 1.11. The molecule has 1 amide bonds. The Balaban J connectivity index is 2.12. The van der Waals surface area contributed by atoms with Gasteiger partial charge in [-0.3, -0.25) is 4.79 Å². The molecule has 1 unspecified atom stereocenters. The average molecular weight is 279 g/mol. The summed E-state index contributed by atoms with van der Waals surface area (Å²) < 4.78 is 18.6. The lowest BCUT2D eigenvalue weighted by Gasteiger charge is -2.07. The molecule has 4 nitrogen and oxygen atoms in total. The third-order valence-corrected chi connectivity index (χ3v) is 3.34. The lowest BCUT2D eigenvalue weighted by molar-refractivity contribution is 0.0915. The van der Waals surface area contributed by atoms with Crippen molar-refractivity contribution >= 4 is 16.9 Å². The quantitative estimate of drug-likeness (QED) is 0.884. The van der Waals surface area contributed by atoms with Gasteiger partial charge in [-0.15, -0.1) is 0 Å². The van der Waals surface area contributed by atoms with Gasteiger partial charge in [-0.25, -0.2) is 4.39 Å². The van der Waals surface area contributed by atoms with Gasteiger partial charge in [-0.2, -0.15) is 0 Å². The summed E-state index contributed by atoms with van der Waals surface area (Å²) in [6.07, 6.45) is 0.732. The largest absolute Gasteiger partial charge is 0.451 e. The maximum Gasteiger partial charge on any atom is 0.287 e. The number of hydrogen-bond acceptors (Lipinski definition) is 3. The van der Waals surface area contributed by atoms with E-state index in [1.165, 1.54) is 18.2 Å². The molecule has 1 aromatic heterocycles. The number of fused-ring (bicyclic) bond motifs is 1. The molecular weight excluding hydrogens is 261 g/mol. The number of aliphatic hydroxyl groups is 1. The van der Waals surface area contributed by atoms with Crippen molar-refractivity contribution in [2.75, 3.05) is 6.54 Å². The van der Waals surface area contributed by atoms with Crippen molar-refractivity contribution in [3.05, 3.63) is 35.3 Å². The van der Waals surface area contributed by atoms with Crippen molar-refractivity contribution in [2.45, 2.75) is 32.8 Å². The molecule has 20 heavy (non-hydrogen) atoms. The lowest BCUT2D eigenvalue weighted by Crippen LogP contribution is -2.27. The van der Waals surface area contributed by atoms with Gasteiger partial charge in [-0.05, 0) is 38.0 Å². The van der Waals surface area contributed by atoms with Crippen LogP contribution in [0.2, 0.25) is 0 Å². The van der Waals surface area contributed by atoms with E-state index < -0.39 is 6.10 Å². The van der Waals surface area contributed by atoms with E-state index in [0.717, 1.165) is 0 Å². The van der Waals surface area contributed by atoms with Crippen LogP contribution in [0.5, 0.6) is 0 Å². The maximum atomic E-state index is 13.2. The Hall–Kier alpha value is -1.88. The third-order valence-electron chi connectivity index (χ3n) is 3.34. The van der Waals surface area contributed by atoms with Crippen LogP contribution in [0.15, 0.2) is 22.6 Å². The molecule has 108 valence electrons. The topological polar surface area (TPSA) is 62.5 Å². The van der Waals surface area contributed by atoms with Gasteiger partial charge in [0, 0.05) is 17.5 Å². The summed E-state index contributed by atoms with van der Waals surface area (Å²) in [6.45, 7) is 3.98. The smallest absolute Gasteiger partial charge is 0.287 e. The Bertz CT molecular complexity index is 621. The minimum Gasteiger partial charge on any atom is -0.451 e. The number of aliphatic hydroxyl groups excluding tert-OH is 1. The SMILES string of the molecule is CCC(O)CCNC(=O)c1oc2ccc(F)cc2c1C. The average Bonchev–Trinajstić information content (AvgIpc) is 2.75. The van der Waals surface area contributed by atoms with Crippen molar-refractivity contribution < 1.29 is 18.7 Å². The van der Waals surface area contributed by atoms with E-state index in [9.17, 15) is 14.3 Å². The van der Waals surface area contributed by atoms with Crippen molar-refractivity contribution in [1.29, 1.82) is 0 Å². The predicted molar refractivity (Wildman–Crippen MR) is 74.2 cm³/mol. The van der Waals surface area contributed by atoms with E-state index >= 15 is 0 Å². The Morgan fingerprint density at radius 3 is 2.95 bits per heavy atom.